The van der Waals surface area contributed by atoms with E-state index in [-0.39, 0.29) is 172 Å². The van der Waals surface area contributed by atoms with Gasteiger partial charge < -0.3 is 15.0 Å². The second-order valence-corrected chi connectivity index (χ2v) is 0.250. The molecule has 0 aliphatic carbocycles. The van der Waals surface area contributed by atoms with Gasteiger partial charge in [-0.2, -0.15) is 0 Å². The first-order valence-corrected chi connectivity index (χ1v) is 0.612. The Morgan fingerprint density at radius 2 is 1.22 bits per heavy atom. The monoisotopic (exact) mass is 411 g/mol. The van der Waals surface area contributed by atoms with Gasteiger partial charge in [0, 0.05) is 17.1 Å². The molecule has 9 heavy (non-hydrogen) atoms. The van der Waals surface area contributed by atoms with Gasteiger partial charge in [-0.25, -0.2) is 0 Å². The van der Waals surface area contributed by atoms with Gasteiger partial charge in [0.05, 0.1) is 0 Å². The van der Waals surface area contributed by atoms with E-state index in [4.69, 9.17) is 15.0 Å². The summed E-state index contributed by atoms with van der Waals surface area (Å²) < 4.78 is 0. The first-order valence-electron chi connectivity index (χ1n) is 0.612. The fourth-order valence-electron chi connectivity index (χ4n) is 0. The molecule has 0 atom stereocenters. The molecule has 8 heteroatoms. The number of hydrogen-bond donors (Lipinski definition) is 0. The minimum absolute atomic E-state index is 0. The van der Waals surface area contributed by atoms with E-state index in [1.165, 1.54) is 0 Å². The Bertz CT molecular complexity index is 46.8. The molecular formula is CH6BaCaMgMnO3Sr. The minimum atomic E-state index is -2.33. The van der Waals surface area contributed by atoms with E-state index in [1.54, 1.807) is 0 Å². The summed E-state index contributed by atoms with van der Waals surface area (Å²) in [6.45, 7) is 0. The molecule has 1 radical (unpaired) electrons. The molecule has 0 spiro atoms. The van der Waals surface area contributed by atoms with Gasteiger partial charge in [-0.1, -0.05) is 0 Å². The van der Waals surface area contributed by atoms with Crippen LogP contribution in [-0.4, -0.2) is 161 Å². The Morgan fingerprint density at radius 3 is 1.22 bits per heavy atom. The van der Waals surface area contributed by atoms with Crippen LogP contribution in [0.1, 0.15) is 0 Å². The standard InChI is InChI=1S/CH2O3.Ba.Ca.Mg.Mn.Sr.6H/c2-1(3)4;;;;;;;;;;;/h(H2,2,3,4);;;;;;;;;;;/q;;+2;;;;;;;;;/p-2. The van der Waals surface area contributed by atoms with Crippen LogP contribution >= 0.6 is 0 Å². The van der Waals surface area contributed by atoms with E-state index in [0.29, 0.717) is 0 Å². The summed E-state index contributed by atoms with van der Waals surface area (Å²) in [6, 6.07) is 0. The van der Waals surface area contributed by atoms with Gasteiger partial charge in [-0.3, -0.25) is 0 Å². The third-order valence-electron chi connectivity index (χ3n) is 0. The average molecular weight is 410 g/mol. The van der Waals surface area contributed by atoms with Crippen LogP contribution in [-0.2, 0) is 17.1 Å². The van der Waals surface area contributed by atoms with Crippen molar-refractivity contribution >= 4 is 161 Å². The fourth-order valence-corrected chi connectivity index (χ4v) is 0. The van der Waals surface area contributed by atoms with E-state index in [1.807, 2.05) is 0 Å². The molecule has 0 aromatic heterocycles. The fraction of sp³-hybridized carbons (Fsp3) is 0. The Balaban J connectivity index is -0.00000000450. The van der Waals surface area contributed by atoms with E-state index < -0.39 is 6.16 Å². The SMILES string of the molecule is O=C([O-])[O-].[BaH2].[Ca+2].[MgH2].[Mn].[SrH2]. The predicted molar refractivity (Wildman–Crippen MR) is 36.8 cm³/mol. The number of hydrogen-bond acceptors (Lipinski definition) is 3. The van der Waals surface area contributed by atoms with Crippen LogP contribution in [0.3, 0.4) is 0 Å². The van der Waals surface area contributed by atoms with Crippen molar-refractivity contribution in [3.8, 4) is 0 Å². The normalized spacial score (nSPS) is 2.67. The Hall–Kier alpha value is 4.87. The van der Waals surface area contributed by atoms with Gasteiger partial charge in [-0.15, -0.1) is 0 Å². The predicted octanol–water partition coefficient (Wildman–Crippen LogP) is -5.58. The maximum atomic E-state index is 8.33. The summed E-state index contributed by atoms with van der Waals surface area (Å²) in [6.07, 6.45) is -2.33. The Morgan fingerprint density at radius 1 is 1.22 bits per heavy atom. The second-order valence-electron chi connectivity index (χ2n) is 0.250. The van der Waals surface area contributed by atoms with E-state index in [9.17, 15) is 0 Å². The van der Waals surface area contributed by atoms with Crippen LogP contribution in [0.2, 0.25) is 0 Å². The molecule has 0 rings (SSSR count). The summed E-state index contributed by atoms with van der Waals surface area (Å²) in [5.74, 6) is 0. The third kappa shape index (κ3) is 64.1. The topological polar surface area (TPSA) is 63.2 Å². The van der Waals surface area contributed by atoms with Crippen molar-refractivity contribution in [1.82, 2.24) is 0 Å². The van der Waals surface area contributed by atoms with Gasteiger partial charge in [0.1, 0.15) is 0 Å². The van der Waals surface area contributed by atoms with Crippen LogP contribution in [0.4, 0.5) is 4.79 Å². The molecule has 0 aromatic carbocycles. The first-order chi connectivity index (χ1) is 1.73. The molecule has 0 fully saturated rings. The van der Waals surface area contributed by atoms with Crippen LogP contribution in [0, 0.1) is 0 Å². The number of carbonyl (C=O) groups is 1. The molecule has 0 unspecified atom stereocenters. The molecular weight excluding hydrogens is 404 g/mol. The van der Waals surface area contributed by atoms with Crippen LogP contribution in [0.25, 0.3) is 0 Å². The third-order valence-corrected chi connectivity index (χ3v) is 0. The van der Waals surface area contributed by atoms with Gasteiger partial charge in [0.2, 0.25) is 0 Å². The maximum absolute atomic E-state index is 8.33. The molecule has 0 aliphatic heterocycles. The summed E-state index contributed by atoms with van der Waals surface area (Å²) in [5.41, 5.74) is 0. The molecule has 3 nitrogen and oxygen atoms in total. The summed E-state index contributed by atoms with van der Waals surface area (Å²) in [4.78, 5) is 8.33. The quantitative estimate of drug-likeness (QED) is 0.375. The Labute approximate surface area is 187 Å². The van der Waals surface area contributed by atoms with Crippen molar-refractivity contribution in [2.24, 2.45) is 0 Å². The molecule has 0 heterocycles. The Kier molecular flexibility index (Phi) is 121. The average Bonchev–Trinajstić information content (AvgIpc) is 0.811. The molecule has 43 valence electrons. The van der Waals surface area contributed by atoms with Crippen molar-refractivity contribution in [3.05, 3.63) is 0 Å². The zero-order valence-corrected chi connectivity index (χ0v) is 6.20. The van der Waals surface area contributed by atoms with Gasteiger partial charge in [0.15, 0.2) is 0 Å². The van der Waals surface area contributed by atoms with E-state index in [0.717, 1.165) is 0 Å². The first kappa shape index (κ1) is 37.1. The number of carboxylic acid groups (broad SMARTS) is 2. The van der Waals surface area contributed by atoms with Gasteiger partial charge >= 0.3 is 155 Å². The van der Waals surface area contributed by atoms with Crippen molar-refractivity contribution < 1.29 is 32.1 Å². The molecule has 0 N–H and O–H groups in total. The molecule has 0 aromatic rings. The summed E-state index contributed by atoms with van der Waals surface area (Å²) in [5, 5.41) is 16.7. The zero-order chi connectivity index (χ0) is 3.58. The summed E-state index contributed by atoms with van der Waals surface area (Å²) >= 11 is 0. The zero-order valence-electron chi connectivity index (χ0n) is 2.81. The van der Waals surface area contributed by atoms with Crippen LogP contribution in [0.5, 0.6) is 0 Å². The van der Waals surface area contributed by atoms with E-state index >= 15 is 0 Å². The number of rotatable bonds is 0. The molecule has 0 saturated heterocycles. The second kappa shape index (κ2) is 29.3. The summed E-state index contributed by atoms with van der Waals surface area (Å²) in [7, 11) is 0. The molecule has 0 saturated carbocycles. The van der Waals surface area contributed by atoms with E-state index in [2.05, 4.69) is 0 Å². The van der Waals surface area contributed by atoms with Crippen molar-refractivity contribution in [3.63, 3.8) is 0 Å². The van der Waals surface area contributed by atoms with Crippen LogP contribution in [0.15, 0.2) is 0 Å². The van der Waals surface area contributed by atoms with Crippen molar-refractivity contribution in [2.45, 2.75) is 0 Å². The van der Waals surface area contributed by atoms with Gasteiger partial charge in [-0.05, 0) is 6.16 Å². The van der Waals surface area contributed by atoms with Gasteiger partial charge in [0.25, 0.3) is 0 Å². The molecule has 0 aliphatic rings. The van der Waals surface area contributed by atoms with Crippen LogP contribution < -0.4 is 10.2 Å². The van der Waals surface area contributed by atoms with Crippen molar-refractivity contribution in [1.29, 1.82) is 0 Å². The van der Waals surface area contributed by atoms with Crippen molar-refractivity contribution in [2.75, 3.05) is 0 Å². The molecule has 0 amide bonds. The number of carbonyl (C=O) groups excluding carboxylic acids is 1. The molecule has 0 bridgehead atoms.